The fraction of sp³-hybridized carbons (Fsp3) is 0.429. The Hall–Kier alpha value is -2.60. The Bertz CT molecular complexity index is 1010. The van der Waals surface area contributed by atoms with Crippen molar-refractivity contribution < 1.29 is 19.1 Å². The van der Waals surface area contributed by atoms with Crippen LogP contribution in [0.1, 0.15) is 28.5 Å². The highest BCUT2D eigenvalue weighted by Crippen LogP contribution is 2.51. The van der Waals surface area contributed by atoms with Gasteiger partial charge in [-0.05, 0) is 25.6 Å². The highest BCUT2D eigenvalue weighted by molar-refractivity contribution is 6.13. The lowest BCUT2D eigenvalue weighted by Gasteiger charge is -2.51. The van der Waals surface area contributed by atoms with Crippen molar-refractivity contribution in [1.29, 1.82) is 0 Å². The molecule has 0 aliphatic carbocycles. The van der Waals surface area contributed by atoms with Crippen molar-refractivity contribution in [1.82, 2.24) is 9.47 Å². The van der Waals surface area contributed by atoms with Crippen LogP contribution in [0.2, 0.25) is 0 Å². The normalized spacial score (nSPS) is 29.6. The molecule has 1 saturated heterocycles. The van der Waals surface area contributed by atoms with Gasteiger partial charge in [0, 0.05) is 47.2 Å². The van der Waals surface area contributed by atoms with Crippen LogP contribution in [-0.4, -0.2) is 48.3 Å². The maximum absolute atomic E-state index is 13.6. The molecule has 140 valence electrons. The van der Waals surface area contributed by atoms with Gasteiger partial charge in [0.25, 0.3) is 0 Å². The number of piperidine rings is 1. The van der Waals surface area contributed by atoms with Gasteiger partial charge < -0.3 is 14.0 Å². The summed E-state index contributed by atoms with van der Waals surface area (Å²) in [6, 6.07) is 5.70. The van der Waals surface area contributed by atoms with Gasteiger partial charge >= 0.3 is 0 Å². The predicted octanol–water partition coefficient (Wildman–Crippen LogP) is 2.47. The minimum atomic E-state index is -0.266. The molecule has 4 unspecified atom stereocenters. The van der Waals surface area contributed by atoms with E-state index in [1.807, 2.05) is 32.3 Å². The van der Waals surface area contributed by atoms with E-state index in [0.717, 1.165) is 40.6 Å². The highest BCUT2D eigenvalue weighted by atomic mass is 16.5. The Morgan fingerprint density at radius 3 is 2.85 bits per heavy atom. The van der Waals surface area contributed by atoms with E-state index in [1.54, 1.807) is 13.4 Å². The van der Waals surface area contributed by atoms with Crippen LogP contribution in [0.15, 0.2) is 30.0 Å². The van der Waals surface area contributed by atoms with Gasteiger partial charge in [-0.3, -0.25) is 14.5 Å². The molecule has 4 heterocycles. The molecule has 3 aliphatic heterocycles. The molecule has 0 amide bonds. The molecule has 5 rings (SSSR count). The summed E-state index contributed by atoms with van der Waals surface area (Å²) in [5.41, 5.74) is 3.53. The first-order chi connectivity index (χ1) is 13.1. The number of hydrogen-bond donors (Lipinski definition) is 0. The van der Waals surface area contributed by atoms with Crippen LogP contribution < -0.4 is 4.74 Å². The minimum absolute atomic E-state index is 0.00519. The van der Waals surface area contributed by atoms with E-state index in [-0.39, 0.29) is 29.7 Å². The maximum atomic E-state index is 13.6. The summed E-state index contributed by atoms with van der Waals surface area (Å²) in [6.45, 7) is 0.476. The van der Waals surface area contributed by atoms with Crippen LogP contribution in [0.3, 0.4) is 0 Å². The molecule has 0 N–H and O–H groups in total. The van der Waals surface area contributed by atoms with Gasteiger partial charge in [-0.2, -0.15) is 0 Å². The zero-order chi connectivity index (χ0) is 18.9. The van der Waals surface area contributed by atoms with E-state index in [1.165, 1.54) is 0 Å². The Labute approximate surface area is 157 Å². The number of aromatic nitrogens is 1. The fourth-order valence-corrected chi connectivity index (χ4v) is 5.39. The number of fused-ring (bicyclic) bond motifs is 8. The average molecular weight is 366 g/mol. The number of carbonyl (C=O) groups excluding carboxylic acids is 2. The molecular formula is C21H22N2O4. The van der Waals surface area contributed by atoms with Gasteiger partial charge in [0.2, 0.25) is 0 Å². The second-order valence-electron chi connectivity index (χ2n) is 7.77. The number of carbonyl (C=O) groups is 2. The molecule has 0 radical (unpaired) electrons. The molecule has 4 atom stereocenters. The first-order valence-electron chi connectivity index (χ1n) is 9.26. The van der Waals surface area contributed by atoms with Crippen molar-refractivity contribution in [3.8, 4) is 5.75 Å². The lowest BCUT2D eigenvalue weighted by molar-refractivity contribution is -0.107. The molecule has 6 heteroatoms. The summed E-state index contributed by atoms with van der Waals surface area (Å²) >= 11 is 0. The van der Waals surface area contributed by atoms with E-state index >= 15 is 0 Å². The van der Waals surface area contributed by atoms with Crippen LogP contribution in [0.25, 0.3) is 10.9 Å². The molecule has 27 heavy (non-hydrogen) atoms. The Balaban J connectivity index is 1.74. The number of allylic oxidation sites excluding steroid dienone is 1. The number of nitrogens with zero attached hydrogens (tertiary/aromatic N) is 2. The van der Waals surface area contributed by atoms with Crippen molar-refractivity contribution in [2.45, 2.75) is 18.5 Å². The number of Topliss-reactive ketones (excluding diaryl/α,β-unsaturated/α-hetero) is 1. The van der Waals surface area contributed by atoms with Gasteiger partial charge in [0.15, 0.2) is 5.78 Å². The number of aldehydes is 1. The lowest BCUT2D eigenvalue weighted by Crippen LogP contribution is -2.58. The van der Waals surface area contributed by atoms with Crippen LogP contribution in [0.5, 0.6) is 5.75 Å². The largest absolute Gasteiger partial charge is 0.500 e. The zero-order valence-electron chi connectivity index (χ0n) is 15.6. The molecular weight excluding hydrogens is 344 g/mol. The fourth-order valence-electron chi connectivity index (χ4n) is 5.39. The number of aryl methyl sites for hydroxylation is 1. The second-order valence-corrected chi connectivity index (χ2v) is 7.77. The van der Waals surface area contributed by atoms with E-state index in [4.69, 9.17) is 9.47 Å². The third kappa shape index (κ3) is 2.04. The molecule has 3 aliphatic rings. The van der Waals surface area contributed by atoms with Crippen molar-refractivity contribution in [3.63, 3.8) is 0 Å². The quantitative estimate of drug-likeness (QED) is 0.764. The summed E-state index contributed by atoms with van der Waals surface area (Å²) in [6.07, 6.45) is 3.27. The molecule has 6 nitrogen and oxygen atoms in total. The van der Waals surface area contributed by atoms with Crippen molar-refractivity contribution in [2.75, 3.05) is 20.8 Å². The molecule has 1 aromatic heterocycles. The number of ether oxygens (including phenoxy) is 2. The molecule has 1 fully saturated rings. The Kier molecular flexibility index (Phi) is 3.49. The smallest absolute Gasteiger partial charge is 0.182 e. The van der Waals surface area contributed by atoms with Gasteiger partial charge in [-0.1, -0.05) is 0 Å². The first kappa shape index (κ1) is 16.6. The molecule has 0 saturated carbocycles. The molecule has 0 spiro atoms. The third-order valence-corrected chi connectivity index (χ3v) is 6.69. The van der Waals surface area contributed by atoms with Gasteiger partial charge in [-0.25, -0.2) is 0 Å². The van der Waals surface area contributed by atoms with E-state index < -0.39 is 0 Å². The molecule has 1 aromatic carbocycles. The number of rotatable bonds is 2. The Morgan fingerprint density at radius 1 is 1.30 bits per heavy atom. The van der Waals surface area contributed by atoms with Crippen LogP contribution in [0.4, 0.5) is 0 Å². The van der Waals surface area contributed by atoms with Crippen LogP contribution in [-0.2, 0) is 16.6 Å². The van der Waals surface area contributed by atoms with E-state index in [9.17, 15) is 9.59 Å². The van der Waals surface area contributed by atoms with E-state index in [0.29, 0.717) is 12.2 Å². The van der Waals surface area contributed by atoms with Crippen molar-refractivity contribution in [3.05, 3.63) is 41.3 Å². The summed E-state index contributed by atoms with van der Waals surface area (Å²) in [5, 5.41) is 0.975. The lowest BCUT2D eigenvalue weighted by atomic mass is 9.67. The van der Waals surface area contributed by atoms with Gasteiger partial charge in [0.05, 0.1) is 37.6 Å². The molecule has 2 aromatic rings. The summed E-state index contributed by atoms with van der Waals surface area (Å²) in [5.74, 6) is 0.972. The Morgan fingerprint density at radius 2 is 2.11 bits per heavy atom. The predicted molar refractivity (Wildman–Crippen MR) is 99.8 cm³/mol. The van der Waals surface area contributed by atoms with Crippen LogP contribution in [0, 0.1) is 11.8 Å². The number of methoxy groups -OCH3 is 1. The second kappa shape index (κ2) is 5.70. The number of hydrogen-bond acceptors (Lipinski definition) is 5. The standard InChI is InChI=1S/C21H22N2O4/c1-22-16-6-12(26-3)4-5-13(16)18-20(22)17-7-14-11(8-24)9-27-10-15(14)19(21(18)25)23(17)2/h4-6,8-9,14-15,17,19H,7,10H2,1-3H3. The highest BCUT2D eigenvalue weighted by Gasteiger charge is 2.53. The molecule has 2 bridgehead atoms. The first-order valence-corrected chi connectivity index (χ1v) is 9.26. The summed E-state index contributed by atoms with van der Waals surface area (Å²) in [4.78, 5) is 27.4. The minimum Gasteiger partial charge on any atom is -0.500 e. The van der Waals surface area contributed by atoms with E-state index in [2.05, 4.69) is 9.47 Å². The third-order valence-electron chi connectivity index (χ3n) is 6.69. The summed E-state index contributed by atoms with van der Waals surface area (Å²) in [7, 11) is 5.67. The number of likely N-dealkylation sites (N-methyl/N-ethyl adjacent to an activating group) is 1. The monoisotopic (exact) mass is 366 g/mol. The van der Waals surface area contributed by atoms with Gasteiger partial charge in [0.1, 0.15) is 12.0 Å². The average Bonchev–Trinajstić information content (AvgIpc) is 2.97. The maximum Gasteiger partial charge on any atom is 0.182 e. The summed E-state index contributed by atoms with van der Waals surface area (Å²) < 4.78 is 13.0. The van der Waals surface area contributed by atoms with Crippen molar-refractivity contribution in [2.24, 2.45) is 18.9 Å². The topological polar surface area (TPSA) is 60.8 Å². The zero-order valence-corrected chi connectivity index (χ0v) is 15.6. The number of ketones is 1. The number of benzene rings is 1. The van der Waals surface area contributed by atoms with Gasteiger partial charge in [-0.15, -0.1) is 0 Å². The van der Waals surface area contributed by atoms with Crippen molar-refractivity contribution >= 4 is 23.0 Å². The van der Waals surface area contributed by atoms with Crippen LogP contribution >= 0.6 is 0 Å². The SMILES string of the molecule is COc1ccc2c3c(n(C)c2c1)C1CC2C(C=O)=COCC2C(C3=O)N1C.